The lowest BCUT2D eigenvalue weighted by Crippen LogP contribution is -2.13. The largest absolute Gasteiger partial charge is 0.507 e. The molecule has 0 radical (unpaired) electrons. The van der Waals surface area contributed by atoms with Gasteiger partial charge in [-0.15, -0.1) is 0 Å². The molecule has 1 nitrogen and oxygen atoms in total. The van der Waals surface area contributed by atoms with Crippen molar-refractivity contribution in [3.05, 3.63) is 102 Å². The van der Waals surface area contributed by atoms with Gasteiger partial charge in [0.15, 0.2) is 0 Å². The molecule has 3 unspecified atom stereocenters. The molecule has 2 aromatic carbocycles. The quantitative estimate of drug-likeness (QED) is 0.630. The summed E-state index contributed by atoms with van der Waals surface area (Å²) < 4.78 is 14.2. The molecule has 1 N–H and O–H groups in total. The maximum absolute atomic E-state index is 14.2. The van der Waals surface area contributed by atoms with Crippen LogP contribution in [0.25, 0.3) is 0 Å². The highest BCUT2D eigenvalue weighted by Gasteiger charge is 2.17. The summed E-state index contributed by atoms with van der Waals surface area (Å²) in [6.45, 7) is 0. The Morgan fingerprint density at radius 1 is 0.862 bits per heavy atom. The summed E-state index contributed by atoms with van der Waals surface area (Å²) in [6, 6.07) is 11.1. The first-order valence-corrected chi connectivity index (χ1v) is 11.2. The third-order valence-corrected chi connectivity index (χ3v) is 6.84. The number of hydrogen-bond donors (Lipinski definition) is 1. The van der Waals surface area contributed by atoms with Crippen molar-refractivity contribution in [2.24, 2.45) is 11.8 Å². The zero-order chi connectivity index (χ0) is 20.1. The highest BCUT2D eigenvalue weighted by Crippen LogP contribution is 2.30. The van der Waals surface area contributed by atoms with E-state index < -0.39 is 0 Å². The number of benzene rings is 2. The van der Waals surface area contributed by atoms with Gasteiger partial charge in [0.2, 0.25) is 0 Å². The zero-order valence-corrected chi connectivity index (χ0v) is 17.4. The van der Waals surface area contributed by atoms with Gasteiger partial charge < -0.3 is 5.11 Å². The Kier molecular flexibility index (Phi) is 6.42. The van der Waals surface area contributed by atoms with Gasteiger partial charge >= 0.3 is 0 Å². The maximum atomic E-state index is 14.2. The minimum atomic E-state index is -0.210. The van der Waals surface area contributed by atoms with E-state index in [1.165, 1.54) is 11.6 Å². The van der Waals surface area contributed by atoms with Gasteiger partial charge in [-0.25, -0.2) is 4.39 Å². The van der Waals surface area contributed by atoms with Crippen LogP contribution >= 0.6 is 8.58 Å². The van der Waals surface area contributed by atoms with Crippen LogP contribution in [0.3, 0.4) is 0 Å². The molecule has 29 heavy (non-hydrogen) atoms. The number of hydrogen-bond acceptors (Lipinski definition) is 1. The average Bonchev–Trinajstić information content (AvgIpc) is 2.74. The van der Waals surface area contributed by atoms with Crippen LogP contribution in [0, 0.1) is 17.7 Å². The van der Waals surface area contributed by atoms with E-state index >= 15 is 0 Å². The topological polar surface area (TPSA) is 20.2 Å². The van der Waals surface area contributed by atoms with E-state index in [1.807, 2.05) is 12.1 Å². The molecule has 0 saturated heterocycles. The number of phenolic OH excluding ortho intramolecular Hbond substituents is 1. The fraction of sp³-hybridized carbons (Fsp3) is 0.231. The van der Waals surface area contributed by atoms with Crippen LogP contribution in [0.4, 0.5) is 4.39 Å². The molecule has 4 rings (SSSR count). The van der Waals surface area contributed by atoms with Crippen molar-refractivity contribution < 1.29 is 9.50 Å². The Hall–Kier alpha value is -2.44. The smallest absolute Gasteiger partial charge is 0.130 e. The average molecular weight is 404 g/mol. The van der Waals surface area contributed by atoms with Crippen molar-refractivity contribution in [2.75, 3.05) is 0 Å². The number of phenols is 1. The third kappa shape index (κ3) is 5.14. The van der Waals surface area contributed by atoms with Crippen molar-refractivity contribution in [1.82, 2.24) is 0 Å². The predicted octanol–water partition coefficient (Wildman–Crippen LogP) is 5.51. The van der Waals surface area contributed by atoms with E-state index in [0.29, 0.717) is 22.9 Å². The molecular formula is C26H26FOP. The molecule has 2 aliphatic carbocycles. The lowest BCUT2D eigenvalue weighted by molar-refractivity contribution is 0.467. The summed E-state index contributed by atoms with van der Waals surface area (Å²) in [4.78, 5) is 0. The Labute approximate surface area is 174 Å². The van der Waals surface area contributed by atoms with Crippen LogP contribution in [0.1, 0.15) is 24.0 Å². The van der Waals surface area contributed by atoms with Crippen molar-refractivity contribution in [3.8, 4) is 5.75 Å². The number of aromatic hydroxyl groups is 1. The zero-order valence-electron chi connectivity index (χ0n) is 16.4. The minimum Gasteiger partial charge on any atom is -0.507 e. The summed E-state index contributed by atoms with van der Waals surface area (Å²) in [7, 11) is 0.103. The van der Waals surface area contributed by atoms with Crippen LogP contribution in [0.5, 0.6) is 5.75 Å². The summed E-state index contributed by atoms with van der Waals surface area (Å²) >= 11 is 0. The van der Waals surface area contributed by atoms with Crippen molar-refractivity contribution in [3.63, 3.8) is 0 Å². The number of rotatable bonds is 6. The molecule has 0 bridgehead atoms. The summed E-state index contributed by atoms with van der Waals surface area (Å²) in [6.07, 6.45) is 20.9. The fourth-order valence-electron chi connectivity index (χ4n) is 3.99. The molecule has 148 valence electrons. The van der Waals surface area contributed by atoms with Crippen LogP contribution in [-0.2, 0) is 12.8 Å². The van der Waals surface area contributed by atoms with Gasteiger partial charge in [0.05, 0.1) is 0 Å². The van der Waals surface area contributed by atoms with Crippen LogP contribution in [0.15, 0.2) is 85.0 Å². The van der Waals surface area contributed by atoms with Crippen LogP contribution in [0.2, 0.25) is 0 Å². The number of halogens is 1. The molecular weight excluding hydrogens is 378 g/mol. The van der Waals surface area contributed by atoms with E-state index in [9.17, 15) is 9.50 Å². The van der Waals surface area contributed by atoms with Gasteiger partial charge in [-0.3, -0.25) is 0 Å². The first-order chi connectivity index (χ1) is 14.2. The SMILES string of the molecule is Oc1c(CC2C=CC=CC2)cc(CC2C=CC=CC2)cc1Pc1ccccc1F. The van der Waals surface area contributed by atoms with Gasteiger partial charge in [0, 0.05) is 10.6 Å². The Bertz CT molecular complexity index is 986. The monoisotopic (exact) mass is 404 g/mol. The van der Waals surface area contributed by atoms with E-state index in [-0.39, 0.29) is 14.4 Å². The highest BCUT2D eigenvalue weighted by atomic mass is 31.1. The molecule has 2 aliphatic rings. The third-order valence-electron chi connectivity index (χ3n) is 5.51. The Balaban J connectivity index is 1.65. The molecule has 3 heteroatoms. The van der Waals surface area contributed by atoms with Gasteiger partial charge in [0.25, 0.3) is 0 Å². The molecule has 0 saturated carbocycles. The highest BCUT2D eigenvalue weighted by molar-refractivity contribution is 7.55. The Morgan fingerprint density at radius 2 is 1.55 bits per heavy atom. The van der Waals surface area contributed by atoms with E-state index in [4.69, 9.17) is 0 Å². The van der Waals surface area contributed by atoms with Gasteiger partial charge in [-0.1, -0.05) is 81.5 Å². The van der Waals surface area contributed by atoms with Crippen LogP contribution < -0.4 is 10.6 Å². The molecule has 0 spiro atoms. The molecule has 3 atom stereocenters. The van der Waals surface area contributed by atoms with Gasteiger partial charge in [-0.05, 0) is 60.8 Å². The summed E-state index contributed by atoms with van der Waals surface area (Å²) in [5.41, 5.74) is 2.19. The second-order valence-electron chi connectivity index (χ2n) is 7.78. The van der Waals surface area contributed by atoms with E-state index in [1.54, 1.807) is 6.07 Å². The van der Waals surface area contributed by atoms with Crippen molar-refractivity contribution in [2.45, 2.75) is 25.7 Å². The first-order valence-electron chi connectivity index (χ1n) is 10.2. The molecule has 2 aromatic rings. The van der Waals surface area contributed by atoms with E-state index in [2.05, 4.69) is 60.7 Å². The second kappa shape index (κ2) is 9.37. The molecule has 0 aliphatic heterocycles. The minimum absolute atomic E-state index is 0.103. The van der Waals surface area contributed by atoms with Crippen LogP contribution in [-0.4, -0.2) is 5.11 Å². The first kappa shape index (κ1) is 19.9. The standard InChI is InChI=1S/C26H26FOP/c27-23-13-7-8-14-24(23)29-25-18-21(15-19-9-3-1-4-10-19)17-22(26(25)28)16-20-11-5-2-6-12-20/h1-9,11,13-14,17-20,28-29H,10,12,15-16H2. The fourth-order valence-corrected chi connectivity index (χ4v) is 5.20. The van der Waals surface area contributed by atoms with Gasteiger partial charge in [0.1, 0.15) is 11.6 Å². The predicted molar refractivity (Wildman–Crippen MR) is 122 cm³/mol. The van der Waals surface area contributed by atoms with E-state index in [0.717, 1.165) is 36.6 Å². The normalized spacial score (nSPS) is 20.7. The van der Waals surface area contributed by atoms with Gasteiger partial charge in [-0.2, -0.15) is 0 Å². The molecule has 0 fully saturated rings. The summed E-state index contributed by atoms with van der Waals surface area (Å²) in [5, 5.41) is 12.5. The van der Waals surface area contributed by atoms with Crippen molar-refractivity contribution >= 4 is 19.2 Å². The lowest BCUT2D eigenvalue weighted by Gasteiger charge is -2.19. The number of allylic oxidation sites excluding steroid dienone is 8. The lowest BCUT2D eigenvalue weighted by atomic mass is 9.89. The molecule has 0 aromatic heterocycles. The maximum Gasteiger partial charge on any atom is 0.130 e. The summed E-state index contributed by atoms with van der Waals surface area (Å²) in [5.74, 6) is 0.984. The van der Waals surface area contributed by atoms with Crippen molar-refractivity contribution in [1.29, 1.82) is 0 Å². The Morgan fingerprint density at radius 3 is 2.21 bits per heavy atom. The second-order valence-corrected chi connectivity index (χ2v) is 9.11. The molecule has 0 heterocycles. The molecule has 0 amide bonds.